The van der Waals surface area contributed by atoms with Crippen molar-refractivity contribution in [1.29, 1.82) is 0 Å². The van der Waals surface area contributed by atoms with Gasteiger partial charge < -0.3 is 9.47 Å². The van der Waals surface area contributed by atoms with Gasteiger partial charge in [0.1, 0.15) is 5.01 Å². The van der Waals surface area contributed by atoms with Crippen molar-refractivity contribution in [3.8, 4) is 22.1 Å². The first kappa shape index (κ1) is 26.5. The summed E-state index contributed by atoms with van der Waals surface area (Å²) >= 11 is 1.71. The molecule has 3 aromatic rings. The van der Waals surface area contributed by atoms with E-state index in [-0.39, 0.29) is 0 Å². The Bertz CT molecular complexity index is 919. The van der Waals surface area contributed by atoms with Crippen molar-refractivity contribution < 1.29 is 9.47 Å². The molecule has 0 N–H and O–H groups in total. The predicted molar refractivity (Wildman–Crippen MR) is 147 cm³/mol. The molecule has 0 atom stereocenters. The van der Waals surface area contributed by atoms with Gasteiger partial charge in [0.25, 0.3) is 0 Å². The third-order valence-electron chi connectivity index (χ3n) is 6.46. The van der Waals surface area contributed by atoms with E-state index in [1.165, 1.54) is 88.2 Å². The Labute approximate surface area is 210 Å². The maximum absolute atomic E-state index is 6.04. The molecule has 0 aliphatic carbocycles. The fraction of sp³-hybridized carbons (Fsp3) is 0.567. The van der Waals surface area contributed by atoms with Crippen molar-refractivity contribution in [2.45, 2.75) is 96.8 Å². The van der Waals surface area contributed by atoms with Gasteiger partial charge in [-0.05, 0) is 36.8 Å². The highest BCUT2D eigenvalue weighted by molar-refractivity contribution is 7.21. The van der Waals surface area contributed by atoms with Crippen molar-refractivity contribution in [2.24, 2.45) is 0 Å². The summed E-state index contributed by atoms with van der Waals surface area (Å²) in [6, 6.07) is 14.4. The lowest BCUT2D eigenvalue weighted by Gasteiger charge is -2.11. The lowest BCUT2D eigenvalue weighted by atomic mass is 10.0. The van der Waals surface area contributed by atoms with Crippen LogP contribution in [0.3, 0.4) is 0 Å². The number of aromatic nitrogens is 1. The number of nitrogens with zero attached hydrogens (tertiary/aromatic N) is 1. The van der Waals surface area contributed by atoms with Crippen LogP contribution in [0.1, 0.15) is 96.8 Å². The Hall–Kier alpha value is -2.07. The number of unbranched alkanes of at least 4 members (excludes halogenated alkanes) is 13. The SMILES string of the molecule is CCCCCCCCCCCCCCCCOc1ccc(-c2nc3ccccc3s2)cc1OC. The van der Waals surface area contributed by atoms with Crippen LogP contribution in [0.5, 0.6) is 11.5 Å². The number of hydrogen-bond donors (Lipinski definition) is 0. The van der Waals surface area contributed by atoms with E-state index >= 15 is 0 Å². The second-order valence-corrected chi connectivity index (χ2v) is 10.3. The fourth-order valence-electron chi connectivity index (χ4n) is 4.39. The molecule has 0 bridgehead atoms. The first-order chi connectivity index (χ1) is 16.8. The molecule has 1 aromatic heterocycles. The largest absolute Gasteiger partial charge is 0.493 e. The number of benzene rings is 2. The van der Waals surface area contributed by atoms with Gasteiger partial charge in [-0.2, -0.15) is 0 Å². The average Bonchev–Trinajstić information content (AvgIpc) is 3.31. The van der Waals surface area contributed by atoms with Crippen LogP contribution >= 0.6 is 11.3 Å². The lowest BCUT2D eigenvalue weighted by molar-refractivity contribution is 0.284. The van der Waals surface area contributed by atoms with Crippen molar-refractivity contribution in [1.82, 2.24) is 4.98 Å². The minimum Gasteiger partial charge on any atom is -0.493 e. The molecule has 186 valence electrons. The summed E-state index contributed by atoms with van der Waals surface area (Å²) < 4.78 is 12.9. The molecular weight excluding hydrogens is 438 g/mol. The molecule has 0 unspecified atom stereocenters. The van der Waals surface area contributed by atoms with E-state index in [0.29, 0.717) is 0 Å². The van der Waals surface area contributed by atoms with Crippen molar-refractivity contribution in [3.05, 3.63) is 42.5 Å². The van der Waals surface area contributed by atoms with Crippen molar-refractivity contribution in [3.63, 3.8) is 0 Å². The van der Waals surface area contributed by atoms with Gasteiger partial charge in [0.05, 0.1) is 23.9 Å². The van der Waals surface area contributed by atoms with Gasteiger partial charge in [-0.1, -0.05) is 103 Å². The Morgan fingerprint density at radius 1 is 0.706 bits per heavy atom. The summed E-state index contributed by atoms with van der Waals surface area (Å²) in [5.74, 6) is 1.60. The van der Waals surface area contributed by atoms with Crippen LogP contribution < -0.4 is 9.47 Å². The molecule has 34 heavy (non-hydrogen) atoms. The van der Waals surface area contributed by atoms with E-state index in [1.807, 2.05) is 18.2 Å². The molecule has 1 heterocycles. The predicted octanol–water partition coefficient (Wildman–Crippen LogP) is 9.83. The highest BCUT2D eigenvalue weighted by Crippen LogP contribution is 2.36. The Morgan fingerprint density at radius 3 is 1.94 bits per heavy atom. The third kappa shape index (κ3) is 8.94. The number of fused-ring (bicyclic) bond motifs is 1. The molecule has 3 rings (SSSR count). The number of ether oxygens (including phenoxy) is 2. The monoisotopic (exact) mass is 481 g/mol. The third-order valence-corrected chi connectivity index (χ3v) is 7.55. The first-order valence-electron chi connectivity index (χ1n) is 13.5. The molecule has 0 saturated carbocycles. The highest BCUT2D eigenvalue weighted by atomic mass is 32.1. The van der Waals surface area contributed by atoms with Crippen LogP contribution in [0.25, 0.3) is 20.8 Å². The van der Waals surface area contributed by atoms with Gasteiger partial charge in [-0.15, -0.1) is 11.3 Å². The number of thiazole rings is 1. The van der Waals surface area contributed by atoms with Crippen LogP contribution in [-0.4, -0.2) is 18.7 Å². The Kier molecular flexibility index (Phi) is 12.3. The molecule has 0 amide bonds. The van der Waals surface area contributed by atoms with E-state index in [9.17, 15) is 0 Å². The second-order valence-electron chi connectivity index (χ2n) is 9.30. The van der Waals surface area contributed by atoms with Crippen LogP contribution in [-0.2, 0) is 0 Å². The zero-order valence-corrected chi connectivity index (χ0v) is 22.1. The zero-order chi connectivity index (χ0) is 23.8. The van der Waals surface area contributed by atoms with E-state index in [2.05, 4.69) is 31.2 Å². The van der Waals surface area contributed by atoms with E-state index in [1.54, 1.807) is 18.4 Å². The van der Waals surface area contributed by atoms with Gasteiger partial charge in [-0.25, -0.2) is 4.98 Å². The van der Waals surface area contributed by atoms with Crippen LogP contribution in [0, 0.1) is 0 Å². The van der Waals surface area contributed by atoms with Gasteiger partial charge >= 0.3 is 0 Å². The molecule has 0 fully saturated rings. The smallest absolute Gasteiger partial charge is 0.161 e. The number of para-hydroxylation sites is 1. The number of hydrogen-bond acceptors (Lipinski definition) is 4. The van der Waals surface area contributed by atoms with Crippen LogP contribution in [0.15, 0.2) is 42.5 Å². The van der Waals surface area contributed by atoms with E-state index in [0.717, 1.165) is 40.6 Å². The Balaban J connectivity index is 1.27. The van der Waals surface area contributed by atoms with E-state index in [4.69, 9.17) is 14.5 Å². The molecule has 0 saturated heterocycles. The normalized spacial score (nSPS) is 11.2. The highest BCUT2D eigenvalue weighted by Gasteiger charge is 2.11. The Morgan fingerprint density at radius 2 is 1.32 bits per heavy atom. The summed E-state index contributed by atoms with van der Waals surface area (Å²) in [5.41, 5.74) is 2.11. The molecule has 0 radical (unpaired) electrons. The van der Waals surface area contributed by atoms with Gasteiger partial charge in [0.15, 0.2) is 11.5 Å². The molecule has 3 nitrogen and oxygen atoms in total. The molecule has 2 aromatic carbocycles. The van der Waals surface area contributed by atoms with Crippen molar-refractivity contribution >= 4 is 21.6 Å². The maximum atomic E-state index is 6.04. The fourth-order valence-corrected chi connectivity index (χ4v) is 5.36. The van der Waals surface area contributed by atoms with Crippen LogP contribution in [0.4, 0.5) is 0 Å². The summed E-state index contributed by atoms with van der Waals surface area (Å²) in [6.07, 6.45) is 19.2. The number of rotatable bonds is 18. The molecule has 0 aliphatic heterocycles. The van der Waals surface area contributed by atoms with Crippen LogP contribution in [0.2, 0.25) is 0 Å². The van der Waals surface area contributed by atoms with E-state index < -0.39 is 0 Å². The maximum Gasteiger partial charge on any atom is 0.161 e. The van der Waals surface area contributed by atoms with Gasteiger partial charge in [-0.3, -0.25) is 0 Å². The average molecular weight is 482 g/mol. The van der Waals surface area contributed by atoms with Crippen molar-refractivity contribution in [2.75, 3.05) is 13.7 Å². The number of methoxy groups -OCH3 is 1. The lowest BCUT2D eigenvalue weighted by Crippen LogP contribution is -1.99. The minimum absolute atomic E-state index is 0.745. The van der Waals surface area contributed by atoms with Gasteiger partial charge in [0, 0.05) is 5.56 Å². The summed E-state index contributed by atoms with van der Waals surface area (Å²) in [7, 11) is 1.71. The second kappa shape index (κ2) is 15.8. The molecular formula is C30H43NO2S. The quantitative estimate of drug-likeness (QED) is 0.169. The topological polar surface area (TPSA) is 31.4 Å². The summed E-state index contributed by atoms with van der Waals surface area (Å²) in [5, 5.41) is 1.01. The summed E-state index contributed by atoms with van der Waals surface area (Å²) in [6.45, 7) is 3.03. The standard InChI is InChI=1S/C30H43NO2S/c1-3-4-5-6-7-8-9-10-11-12-13-14-15-18-23-33-27-22-21-25(24-28(27)32-2)30-31-26-19-16-17-20-29(26)34-30/h16-17,19-22,24H,3-15,18,23H2,1-2H3. The van der Waals surface area contributed by atoms with Gasteiger partial charge in [0.2, 0.25) is 0 Å². The zero-order valence-electron chi connectivity index (χ0n) is 21.3. The molecule has 0 aliphatic rings. The first-order valence-corrected chi connectivity index (χ1v) is 14.3. The molecule has 0 spiro atoms. The molecule has 4 heteroatoms. The minimum atomic E-state index is 0.745. The summed E-state index contributed by atoms with van der Waals surface area (Å²) in [4.78, 5) is 4.76.